The number of benzene rings is 1. The molecule has 3 rings (SSSR count). The first kappa shape index (κ1) is 22.0. The minimum atomic E-state index is -3.46. The molecular weight excluding hydrogens is 434 g/mol. The lowest BCUT2D eigenvalue weighted by molar-refractivity contribution is -0.117. The number of nitrogens with one attached hydrogen (secondary N) is 1. The third kappa shape index (κ3) is 5.10. The second kappa shape index (κ2) is 9.01. The maximum absolute atomic E-state index is 12.7. The van der Waals surface area contributed by atoms with Gasteiger partial charge in [0.05, 0.1) is 19.3 Å². The molecule has 0 aliphatic carbocycles. The van der Waals surface area contributed by atoms with E-state index in [0.29, 0.717) is 46.8 Å². The molecule has 0 spiro atoms. The summed E-state index contributed by atoms with van der Waals surface area (Å²) in [7, 11) is -1.94. The lowest BCUT2D eigenvalue weighted by Crippen LogP contribution is -2.50. The van der Waals surface area contributed by atoms with Crippen molar-refractivity contribution < 1.29 is 17.9 Å². The van der Waals surface area contributed by atoms with Crippen LogP contribution in [0, 0.1) is 13.8 Å². The number of carbonyl (C=O) groups excluding carboxylic acids is 1. The van der Waals surface area contributed by atoms with E-state index in [-0.39, 0.29) is 12.5 Å². The van der Waals surface area contributed by atoms with Gasteiger partial charge in [0.15, 0.2) is 0 Å². The molecule has 0 saturated carbocycles. The predicted octanol–water partition coefficient (Wildman–Crippen LogP) is 2.97. The summed E-state index contributed by atoms with van der Waals surface area (Å²) in [5, 5.41) is 3.42. The monoisotopic (exact) mass is 457 g/mol. The van der Waals surface area contributed by atoms with Crippen molar-refractivity contribution in [1.29, 1.82) is 0 Å². The smallest absolute Gasteiger partial charge is 0.252 e. The highest BCUT2D eigenvalue weighted by molar-refractivity contribution is 7.91. The average molecular weight is 458 g/mol. The van der Waals surface area contributed by atoms with Gasteiger partial charge in [-0.1, -0.05) is 11.6 Å². The van der Waals surface area contributed by atoms with Gasteiger partial charge >= 0.3 is 0 Å². The molecule has 1 amide bonds. The molecule has 2 aromatic rings. The zero-order valence-corrected chi connectivity index (χ0v) is 19.0. The molecule has 0 bridgehead atoms. The van der Waals surface area contributed by atoms with Crippen LogP contribution < -0.4 is 10.1 Å². The number of ether oxygens (including phenoxy) is 1. The summed E-state index contributed by atoms with van der Waals surface area (Å²) in [6, 6.07) is 6.90. The van der Waals surface area contributed by atoms with Crippen molar-refractivity contribution in [2.75, 3.05) is 45.2 Å². The third-order valence-electron chi connectivity index (χ3n) is 4.76. The Kier molecular flexibility index (Phi) is 6.85. The molecule has 2 heterocycles. The van der Waals surface area contributed by atoms with Crippen LogP contribution in [0.25, 0.3) is 0 Å². The average Bonchev–Trinajstić information content (AvgIpc) is 3.12. The van der Waals surface area contributed by atoms with Gasteiger partial charge in [0.25, 0.3) is 10.0 Å². The van der Waals surface area contributed by atoms with Crippen LogP contribution >= 0.6 is 22.9 Å². The van der Waals surface area contributed by atoms with Crippen molar-refractivity contribution in [2.45, 2.75) is 18.1 Å². The second-order valence-corrected chi connectivity index (χ2v) is 10.8. The zero-order valence-electron chi connectivity index (χ0n) is 16.6. The van der Waals surface area contributed by atoms with E-state index in [9.17, 15) is 13.2 Å². The van der Waals surface area contributed by atoms with Gasteiger partial charge in [-0.2, -0.15) is 4.31 Å². The first-order valence-corrected chi connectivity index (χ1v) is 11.8. The quantitative estimate of drug-likeness (QED) is 0.721. The largest absolute Gasteiger partial charge is 0.495 e. The molecule has 1 aliphatic heterocycles. The Bertz CT molecular complexity index is 999. The number of aryl methyl sites for hydroxylation is 2. The fourth-order valence-electron chi connectivity index (χ4n) is 3.13. The lowest BCUT2D eigenvalue weighted by atomic mass is 10.2. The van der Waals surface area contributed by atoms with Crippen LogP contribution in [0.15, 0.2) is 28.5 Å². The number of sulfonamides is 1. The Balaban J connectivity index is 1.57. The van der Waals surface area contributed by atoms with Crippen molar-refractivity contribution >= 4 is 44.6 Å². The number of thiophene rings is 1. The number of carbonyl (C=O) groups is 1. The van der Waals surface area contributed by atoms with Gasteiger partial charge < -0.3 is 10.1 Å². The van der Waals surface area contributed by atoms with Gasteiger partial charge in [0.2, 0.25) is 5.91 Å². The molecule has 7 nitrogen and oxygen atoms in total. The van der Waals surface area contributed by atoms with Crippen LogP contribution in [0.4, 0.5) is 5.69 Å². The van der Waals surface area contributed by atoms with E-state index in [1.807, 2.05) is 24.8 Å². The summed E-state index contributed by atoms with van der Waals surface area (Å²) in [4.78, 5) is 15.4. The summed E-state index contributed by atoms with van der Waals surface area (Å²) >= 11 is 7.38. The minimum Gasteiger partial charge on any atom is -0.495 e. The summed E-state index contributed by atoms with van der Waals surface area (Å²) in [5.74, 6) is 0.311. The van der Waals surface area contributed by atoms with Crippen LogP contribution in [-0.2, 0) is 14.8 Å². The fraction of sp³-hybridized carbons (Fsp3) is 0.421. The Morgan fingerprint density at radius 2 is 1.90 bits per heavy atom. The first-order valence-electron chi connectivity index (χ1n) is 9.13. The van der Waals surface area contributed by atoms with E-state index < -0.39 is 10.0 Å². The highest BCUT2D eigenvalue weighted by Crippen LogP contribution is 2.31. The summed E-state index contributed by atoms with van der Waals surface area (Å²) < 4.78 is 32.6. The van der Waals surface area contributed by atoms with Crippen molar-refractivity contribution in [3.8, 4) is 5.75 Å². The SMILES string of the molecule is COc1cc(Cl)c(C)cc1NC(=O)CN1CCN(S(=O)(=O)c2ccc(C)s2)CC1. The Hall–Kier alpha value is -1.65. The van der Waals surface area contributed by atoms with Crippen LogP contribution in [0.5, 0.6) is 5.75 Å². The number of anilines is 1. The minimum absolute atomic E-state index is 0.177. The number of methoxy groups -OCH3 is 1. The van der Waals surface area contributed by atoms with Crippen LogP contribution in [0.2, 0.25) is 5.02 Å². The van der Waals surface area contributed by atoms with Crippen LogP contribution in [-0.4, -0.2) is 63.4 Å². The number of nitrogens with zero attached hydrogens (tertiary/aromatic N) is 2. The second-order valence-electron chi connectivity index (χ2n) is 6.90. The molecule has 10 heteroatoms. The molecule has 1 saturated heterocycles. The van der Waals surface area contributed by atoms with Crippen molar-refractivity contribution in [3.05, 3.63) is 39.7 Å². The number of amides is 1. The Morgan fingerprint density at radius 1 is 1.21 bits per heavy atom. The summed E-state index contributed by atoms with van der Waals surface area (Å²) in [5.41, 5.74) is 1.40. The number of rotatable bonds is 6. The molecule has 0 atom stereocenters. The fourth-order valence-corrected chi connectivity index (χ4v) is 6.14. The van der Waals surface area contributed by atoms with Crippen LogP contribution in [0.3, 0.4) is 0 Å². The number of hydrogen-bond acceptors (Lipinski definition) is 6. The Morgan fingerprint density at radius 3 is 2.48 bits per heavy atom. The zero-order chi connectivity index (χ0) is 21.2. The molecule has 1 fully saturated rings. The van der Waals surface area contributed by atoms with Crippen LogP contribution in [0.1, 0.15) is 10.4 Å². The Labute approximate surface area is 180 Å². The summed E-state index contributed by atoms with van der Waals surface area (Å²) in [6.07, 6.45) is 0. The number of hydrogen-bond donors (Lipinski definition) is 1. The van der Waals surface area contributed by atoms with Crippen molar-refractivity contribution in [3.63, 3.8) is 0 Å². The van der Waals surface area contributed by atoms with E-state index in [4.69, 9.17) is 16.3 Å². The van der Waals surface area contributed by atoms with Gasteiger partial charge in [-0.25, -0.2) is 8.42 Å². The maximum Gasteiger partial charge on any atom is 0.252 e. The van der Waals surface area contributed by atoms with E-state index >= 15 is 0 Å². The molecular formula is C19H24ClN3O4S2. The van der Waals surface area contributed by atoms with E-state index in [2.05, 4.69) is 5.32 Å². The highest BCUT2D eigenvalue weighted by atomic mass is 35.5. The predicted molar refractivity (Wildman–Crippen MR) is 116 cm³/mol. The molecule has 158 valence electrons. The molecule has 1 aromatic heterocycles. The number of halogens is 1. The number of piperazine rings is 1. The molecule has 1 aromatic carbocycles. The molecule has 0 unspecified atom stereocenters. The van der Waals surface area contributed by atoms with Crippen molar-refractivity contribution in [1.82, 2.24) is 9.21 Å². The van der Waals surface area contributed by atoms with Gasteiger partial charge in [-0.15, -0.1) is 11.3 Å². The highest BCUT2D eigenvalue weighted by Gasteiger charge is 2.30. The molecule has 1 aliphatic rings. The van der Waals surface area contributed by atoms with Gasteiger partial charge in [0, 0.05) is 42.1 Å². The van der Waals surface area contributed by atoms with Gasteiger partial charge in [-0.3, -0.25) is 9.69 Å². The normalized spacial score (nSPS) is 16.0. The topological polar surface area (TPSA) is 79.0 Å². The maximum atomic E-state index is 12.7. The van der Waals surface area contributed by atoms with Gasteiger partial charge in [-0.05, 0) is 37.6 Å². The standard InChI is InChI=1S/C19H24ClN3O4S2/c1-13-10-16(17(27-3)11-15(13)20)21-18(24)12-22-6-8-23(9-7-22)29(25,26)19-5-4-14(2)28-19/h4-5,10-11H,6-9,12H2,1-3H3,(H,21,24). The van der Waals surface area contributed by atoms with Crippen molar-refractivity contribution in [2.24, 2.45) is 0 Å². The third-order valence-corrected chi connectivity index (χ3v) is 8.54. The molecule has 0 radical (unpaired) electrons. The van der Waals surface area contributed by atoms with E-state index in [0.717, 1.165) is 10.4 Å². The molecule has 1 N–H and O–H groups in total. The van der Waals surface area contributed by atoms with E-state index in [1.54, 1.807) is 18.2 Å². The first-order chi connectivity index (χ1) is 13.7. The lowest BCUT2D eigenvalue weighted by Gasteiger charge is -2.33. The molecule has 29 heavy (non-hydrogen) atoms. The van der Waals surface area contributed by atoms with Gasteiger partial charge in [0.1, 0.15) is 9.96 Å². The van der Waals surface area contributed by atoms with E-state index in [1.165, 1.54) is 22.8 Å². The summed E-state index contributed by atoms with van der Waals surface area (Å²) in [6.45, 7) is 5.62.